The normalized spacial score (nSPS) is 28.1. The largest absolute Gasteiger partial charge is 0.496 e. The first-order chi connectivity index (χ1) is 16.9. The molecule has 9 heteroatoms. The van der Waals surface area contributed by atoms with E-state index < -0.39 is 34.5 Å². The van der Waals surface area contributed by atoms with Crippen LogP contribution in [0.2, 0.25) is 0 Å². The maximum Gasteiger partial charge on any atom is 0.244 e. The molecule has 2 aliphatic heterocycles. The van der Waals surface area contributed by atoms with Crippen LogP contribution in [0.5, 0.6) is 17.2 Å². The topological polar surface area (TPSA) is 141 Å². The zero-order chi connectivity index (χ0) is 25.4. The highest BCUT2D eigenvalue weighted by Crippen LogP contribution is 2.71. The minimum absolute atomic E-state index is 0.234. The quantitative estimate of drug-likeness (QED) is 0.659. The maximum absolute atomic E-state index is 10.6. The van der Waals surface area contributed by atoms with Crippen LogP contribution in [0.3, 0.4) is 0 Å². The molecule has 0 spiro atoms. The van der Waals surface area contributed by atoms with E-state index in [1.807, 2.05) is 13.0 Å². The molecule has 1 N–H and O–H groups in total. The second kappa shape index (κ2) is 8.51. The summed E-state index contributed by atoms with van der Waals surface area (Å²) in [5, 5.41) is 40.5. The van der Waals surface area contributed by atoms with E-state index in [2.05, 4.69) is 18.2 Å². The Morgan fingerprint density at radius 3 is 2.00 bits per heavy atom. The molecule has 0 radical (unpaired) electrons. The Bertz CT molecular complexity index is 1250. The summed E-state index contributed by atoms with van der Waals surface area (Å²) >= 11 is 0. The van der Waals surface area contributed by atoms with Gasteiger partial charge in [0.05, 0.1) is 51.0 Å². The molecule has 178 valence electrons. The van der Waals surface area contributed by atoms with Gasteiger partial charge in [-0.25, -0.2) is 0 Å². The fourth-order valence-electron chi connectivity index (χ4n) is 5.45. The molecule has 0 saturated carbocycles. The summed E-state index contributed by atoms with van der Waals surface area (Å²) in [6.45, 7) is 1.81. The molecule has 35 heavy (non-hydrogen) atoms. The third-order valence-electron chi connectivity index (χ3n) is 7.03. The van der Waals surface area contributed by atoms with Crippen molar-refractivity contribution < 1.29 is 23.7 Å². The summed E-state index contributed by atoms with van der Waals surface area (Å²) < 4.78 is 29.3. The smallest absolute Gasteiger partial charge is 0.244 e. The minimum atomic E-state index is -2.16. The van der Waals surface area contributed by atoms with Gasteiger partial charge in [-0.1, -0.05) is 37.3 Å². The Balaban J connectivity index is 2.13. The highest BCUT2D eigenvalue weighted by molar-refractivity contribution is 5.89. The number of nitriles is 3. The van der Waals surface area contributed by atoms with E-state index in [1.54, 1.807) is 36.4 Å². The Labute approximate surface area is 203 Å². The van der Waals surface area contributed by atoms with Crippen LogP contribution in [0.1, 0.15) is 30.6 Å². The molecule has 0 amide bonds. The van der Waals surface area contributed by atoms with Crippen LogP contribution < -0.4 is 14.2 Å². The van der Waals surface area contributed by atoms with E-state index in [1.165, 1.54) is 21.3 Å². The molecule has 4 unspecified atom stereocenters. The summed E-state index contributed by atoms with van der Waals surface area (Å²) in [5.41, 5.74) is -3.29. The number of benzene rings is 2. The van der Waals surface area contributed by atoms with Crippen LogP contribution in [0.4, 0.5) is 0 Å². The van der Waals surface area contributed by atoms with Gasteiger partial charge < -0.3 is 23.7 Å². The molecule has 2 heterocycles. The highest BCUT2D eigenvalue weighted by Gasteiger charge is 2.80. The standard InChI is InChI=1S/C26H24N4O5/c1-5-20-25(15-29)23(30)35-26(20,16-9-7-6-8-10-16)34-22(24(25,13-27)14-28)21-18(32-3)11-17(31-2)12-19(21)33-4/h6-12,20,22,30H,5H2,1-4H3. The molecule has 0 aromatic heterocycles. The lowest BCUT2D eigenvalue weighted by Crippen LogP contribution is -2.58. The minimum Gasteiger partial charge on any atom is -0.496 e. The molecule has 0 aliphatic carbocycles. The summed E-state index contributed by atoms with van der Waals surface area (Å²) in [6, 6.07) is 18.4. The van der Waals surface area contributed by atoms with Gasteiger partial charge in [0.2, 0.25) is 17.1 Å². The monoisotopic (exact) mass is 472 g/mol. The number of nitrogens with one attached hydrogen (secondary N) is 1. The number of hydrogen-bond donors (Lipinski definition) is 1. The number of nitrogens with zero attached hydrogens (tertiary/aromatic N) is 3. The molecular formula is C26H24N4O5. The summed E-state index contributed by atoms with van der Waals surface area (Å²) in [7, 11) is 4.34. The average Bonchev–Trinajstić information content (AvgIpc) is 3.11. The van der Waals surface area contributed by atoms with Crippen LogP contribution in [0.25, 0.3) is 0 Å². The highest BCUT2D eigenvalue weighted by atomic mass is 16.7. The Kier molecular flexibility index (Phi) is 5.80. The van der Waals surface area contributed by atoms with Gasteiger partial charge in [-0.15, -0.1) is 0 Å². The van der Waals surface area contributed by atoms with Crippen molar-refractivity contribution in [1.29, 1.82) is 21.2 Å². The van der Waals surface area contributed by atoms with Crippen LogP contribution >= 0.6 is 0 Å². The summed E-state index contributed by atoms with van der Waals surface area (Å²) in [6.07, 6.45) is -1.07. The lowest BCUT2D eigenvalue weighted by atomic mass is 9.52. The predicted molar refractivity (Wildman–Crippen MR) is 122 cm³/mol. The van der Waals surface area contributed by atoms with Crippen molar-refractivity contribution in [3.63, 3.8) is 0 Å². The second-order valence-corrected chi connectivity index (χ2v) is 8.32. The van der Waals surface area contributed by atoms with Crippen LogP contribution in [-0.4, -0.2) is 27.2 Å². The van der Waals surface area contributed by atoms with Gasteiger partial charge in [-0.05, 0) is 6.42 Å². The van der Waals surface area contributed by atoms with E-state index in [0.29, 0.717) is 17.7 Å². The number of ether oxygens (including phenoxy) is 5. The van der Waals surface area contributed by atoms with Crippen LogP contribution in [0, 0.1) is 56.2 Å². The van der Waals surface area contributed by atoms with Gasteiger partial charge in [-0.3, -0.25) is 5.41 Å². The van der Waals surface area contributed by atoms with Crippen LogP contribution in [-0.2, 0) is 15.3 Å². The number of rotatable bonds is 6. The third-order valence-corrected chi connectivity index (χ3v) is 7.03. The average molecular weight is 473 g/mol. The van der Waals surface area contributed by atoms with Crippen molar-refractivity contribution in [3.8, 4) is 35.5 Å². The molecule has 2 aliphatic rings. The molecule has 2 saturated heterocycles. The van der Waals surface area contributed by atoms with Crippen molar-refractivity contribution in [3.05, 3.63) is 53.6 Å². The molecule has 2 aromatic carbocycles. The van der Waals surface area contributed by atoms with Crippen molar-refractivity contribution in [2.24, 2.45) is 16.7 Å². The van der Waals surface area contributed by atoms with E-state index in [-0.39, 0.29) is 17.1 Å². The van der Waals surface area contributed by atoms with Gasteiger partial charge in [0, 0.05) is 17.7 Å². The SMILES string of the molecule is CCC1C2(c3ccccc3)OC(=N)C1(C#N)C(C#N)(C#N)C(c1c(OC)cc(OC)cc1OC)O2. The van der Waals surface area contributed by atoms with Gasteiger partial charge in [0.15, 0.2) is 5.41 Å². The van der Waals surface area contributed by atoms with Gasteiger partial charge >= 0.3 is 0 Å². The van der Waals surface area contributed by atoms with Crippen molar-refractivity contribution in [1.82, 2.24) is 0 Å². The fourth-order valence-corrected chi connectivity index (χ4v) is 5.45. The Hall–Kier alpha value is -4.26. The molecular weight excluding hydrogens is 448 g/mol. The first-order valence-electron chi connectivity index (χ1n) is 10.9. The van der Waals surface area contributed by atoms with Gasteiger partial charge in [-0.2, -0.15) is 15.8 Å². The van der Waals surface area contributed by atoms with Crippen molar-refractivity contribution in [2.75, 3.05) is 21.3 Å². The molecule has 4 atom stereocenters. The molecule has 4 rings (SSSR count). The summed E-state index contributed by atoms with van der Waals surface area (Å²) in [4.78, 5) is 0. The van der Waals surface area contributed by atoms with E-state index >= 15 is 0 Å². The Morgan fingerprint density at radius 2 is 1.54 bits per heavy atom. The third kappa shape index (κ3) is 2.84. The first kappa shape index (κ1) is 23.9. The fraction of sp³-hybridized carbons (Fsp3) is 0.385. The summed E-state index contributed by atoms with van der Waals surface area (Å²) in [5.74, 6) is -2.01. The van der Waals surface area contributed by atoms with Gasteiger partial charge in [0.25, 0.3) is 0 Å². The zero-order valence-electron chi connectivity index (χ0n) is 19.8. The number of fused-ring (bicyclic) bond motifs is 2. The lowest BCUT2D eigenvalue weighted by Gasteiger charge is -2.50. The number of methoxy groups -OCH3 is 3. The Morgan fingerprint density at radius 1 is 0.943 bits per heavy atom. The molecule has 2 bridgehead atoms. The van der Waals surface area contributed by atoms with Crippen LogP contribution in [0.15, 0.2) is 42.5 Å². The molecule has 9 nitrogen and oxygen atoms in total. The molecule has 2 fully saturated rings. The predicted octanol–water partition coefficient (Wildman–Crippen LogP) is 4.21. The van der Waals surface area contributed by atoms with E-state index in [4.69, 9.17) is 29.1 Å². The number of hydrogen-bond acceptors (Lipinski definition) is 9. The lowest BCUT2D eigenvalue weighted by molar-refractivity contribution is -0.293. The van der Waals surface area contributed by atoms with Gasteiger partial charge in [0.1, 0.15) is 23.4 Å². The van der Waals surface area contributed by atoms with E-state index in [9.17, 15) is 15.8 Å². The van der Waals surface area contributed by atoms with E-state index in [0.717, 1.165) is 0 Å². The zero-order valence-corrected chi connectivity index (χ0v) is 19.8. The first-order valence-corrected chi connectivity index (χ1v) is 10.9. The van der Waals surface area contributed by atoms with Crippen molar-refractivity contribution in [2.45, 2.75) is 25.2 Å². The second-order valence-electron chi connectivity index (χ2n) is 8.32. The van der Waals surface area contributed by atoms with Crippen molar-refractivity contribution >= 4 is 5.90 Å². The maximum atomic E-state index is 10.6. The molecule has 2 aromatic rings.